The number of carbonyl (C=O) groups excluding carboxylic acids is 1. The third kappa shape index (κ3) is 4.57. The monoisotopic (exact) mass is 434 g/mol. The van der Waals surface area contributed by atoms with Crippen LogP contribution in [0.3, 0.4) is 0 Å². The van der Waals surface area contributed by atoms with Gasteiger partial charge in [0.05, 0.1) is 5.75 Å². The molecule has 1 fully saturated rings. The second-order valence-electron chi connectivity index (χ2n) is 6.59. The highest BCUT2D eigenvalue weighted by atomic mass is 79.9. The summed E-state index contributed by atoms with van der Waals surface area (Å²) in [6.07, 6.45) is 4.13. The van der Waals surface area contributed by atoms with Gasteiger partial charge in [-0.3, -0.25) is 9.36 Å². The molecule has 0 spiro atoms. The predicted molar refractivity (Wildman–Crippen MR) is 109 cm³/mol. The minimum atomic E-state index is 0.180. The minimum absolute atomic E-state index is 0.180. The van der Waals surface area contributed by atoms with E-state index in [2.05, 4.69) is 39.6 Å². The van der Waals surface area contributed by atoms with Gasteiger partial charge < -0.3 is 4.90 Å². The lowest BCUT2D eigenvalue weighted by Gasteiger charge is -2.30. The molecule has 5 nitrogen and oxygen atoms in total. The number of benzene rings is 1. The van der Waals surface area contributed by atoms with Crippen molar-refractivity contribution in [3.8, 4) is 11.4 Å². The molecule has 1 atom stereocenters. The summed E-state index contributed by atoms with van der Waals surface area (Å²) in [6.45, 7) is 8.38. The van der Waals surface area contributed by atoms with Crippen LogP contribution in [0.5, 0.6) is 0 Å². The number of allylic oxidation sites excluding steroid dienone is 1. The number of hydrogen-bond acceptors (Lipinski definition) is 4. The predicted octanol–water partition coefficient (Wildman–Crippen LogP) is 4.24. The molecule has 0 aliphatic carbocycles. The van der Waals surface area contributed by atoms with Crippen molar-refractivity contribution >= 4 is 33.6 Å². The molecule has 0 bridgehead atoms. The molecule has 0 N–H and O–H groups in total. The number of carbonyl (C=O) groups is 1. The van der Waals surface area contributed by atoms with E-state index in [1.165, 1.54) is 18.2 Å². The van der Waals surface area contributed by atoms with Gasteiger partial charge in [-0.15, -0.1) is 16.8 Å². The van der Waals surface area contributed by atoms with E-state index in [1.807, 2.05) is 39.8 Å². The summed E-state index contributed by atoms with van der Waals surface area (Å²) in [5, 5.41) is 9.40. The molecule has 7 heteroatoms. The number of thioether (sulfide) groups is 1. The first-order valence-electron chi connectivity index (χ1n) is 8.79. The number of nitrogens with zero attached hydrogens (tertiary/aromatic N) is 4. The highest BCUT2D eigenvalue weighted by molar-refractivity contribution is 9.10. The molecule has 1 aliphatic heterocycles. The molecular formula is C19H23BrN4OS. The van der Waals surface area contributed by atoms with E-state index in [9.17, 15) is 4.79 Å². The Morgan fingerprint density at radius 3 is 2.85 bits per heavy atom. The summed E-state index contributed by atoms with van der Waals surface area (Å²) in [5.41, 5.74) is 0.991. The molecule has 1 aromatic heterocycles. The maximum absolute atomic E-state index is 12.5. The van der Waals surface area contributed by atoms with Crippen molar-refractivity contribution in [2.75, 3.05) is 18.8 Å². The molecule has 2 heterocycles. The summed E-state index contributed by atoms with van der Waals surface area (Å²) >= 11 is 4.90. The number of piperidine rings is 1. The zero-order chi connectivity index (χ0) is 18.5. The first-order chi connectivity index (χ1) is 12.6. The molecule has 2 aromatic rings. The lowest BCUT2D eigenvalue weighted by atomic mass is 10.0. The van der Waals surface area contributed by atoms with Crippen molar-refractivity contribution in [3.63, 3.8) is 0 Å². The van der Waals surface area contributed by atoms with Gasteiger partial charge in [-0.25, -0.2) is 0 Å². The van der Waals surface area contributed by atoms with Gasteiger partial charge in [0.15, 0.2) is 11.0 Å². The lowest BCUT2D eigenvalue weighted by molar-refractivity contribution is -0.130. The van der Waals surface area contributed by atoms with Crippen molar-refractivity contribution in [2.45, 2.75) is 31.5 Å². The van der Waals surface area contributed by atoms with Gasteiger partial charge in [-0.2, -0.15) is 0 Å². The zero-order valence-corrected chi connectivity index (χ0v) is 17.3. The number of hydrogen-bond donors (Lipinski definition) is 0. The normalized spacial score (nSPS) is 17.3. The van der Waals surface area contributed by atoms with E-state index in [-0.39, 0.29) is 5.91 Å². The fourth-order valence-electron chi connectivity index (χ4n) is 3.14. The van der Waals surface area contributed by atoms with Crippen LogP contribution in [0.15, 0.2) is 46.5 Å². The lowest BCUT2D eigenvalue weighted by Crippen LogP contribution is -2.40. The summed E-state index contributed by atoms with van der Waals surface area (Å²) in [6, 6.07) is 7.97. The molecule has 138 valence electrons. The second-order valence-corrected chi connectivity index (χ2v) is 8.45. The maximum Gasteiger partial charge on any atom is 0.233 e. The third-order valence-corrected chi connectivity index (χ3v) is 5.95. The van der Waals surface area contributed by atoms with Gasteiger partial charge in [0, 0.05) is 29.7 Å². The van der Waals surface area contributed by atoms with Gasteiger partial charge in [-0.1, -0.05) is 52.8 Å². The van der Waals surface area contributed by atoms with E-state index in [1.54, 1.807) is 0 Å². The Morgan fingerprint density at radius 1 is 1.38 bits per heavy atom. The van der Waals surface area contributed by atoms with Crippen LogP contribution in [0.1, 0.15) is 19.8 Å². The van der Waals surface area contributed by atoms with Crippen molar-refractivity contribution in [3.05, 3.63) is 41.4 Å². The Bertz CT molecular complexity index is 774. The fraction of sp³-hybridized carbons (Fsp3) is 0.421. The van der Waals surface area contributed by atoms with Gasteiger partial charge in [0.2, 0.25) is 5.91 Å². The van der Waals surface area contributed by atoms with Gasteiger partial charge in [0.1, 0.15) is 0 Å². The number of aromatic nitrogens is 3. The van der Waals surface area contributed by atoms with E-state index < -0.39 is 0 Å². The van der Waals surface area contributed by atoms with Crippen molar-refractivity contribution in [2.24, 2.45) is 5.92 Å². The first-order valence-corrected chi connectivity index (χ1v) is 10.6. The summed E-state index contributed by atoms with van der Waals surface area (Å²) in [4.78, 5) is 14.5. The summed E-state index contributed by atoms with van der Waals surface area (Å²) in [5.74, 6) is 1.95. The third-order valence-electron chi connectivity index (χ3n) is 4.47. The highest BCUT2D eigenvalue weighted by Gasteiger charge is 2.22. The number of amides is 1. The van der Waals surface area contributed by atoms with Crippen LogP contribution in [-0.2, 0) is 11.3 Å². The highest BCUT2D eigenvalue weighted by Crippen LogP contribution is 2.26. The number of rotatable bonds is 6. The van der Waals surface area contributed by atoms with Crippen LogP contribution in [0.4, 0.5) is 0 Å². The zero-order valence-electron chi connectivity index (χ0n) is 14.9. The van der Waals surface area contributed by atoms with E-state index in [4.69, 9.17) is 0 Å². The average molecular weight is 435 g/mol. The molecule has 1 unspecified atom stereocenters. The van der Waals surface area contributed by atoms with Crippen LogP contribution in [0, 0.1) is 5.92 Å². The molecule has 1 amide bonds. The fourth-order valence-corrected chi connectivity index (χ4v) is 4.25. The van der Waals surface area contributed by atoms with Crippen molar-refractivity contribution in [1.29, 1.82) is 0 Å². The van der Waals surface area contributed by atoms with Gasteiger partial charge in [-0.05, 0) is 30.9 Å². The van der Waals surface area contributed by atoms with Crippen molar-refractivity contribution in [1.82, 2.24) is 19.7 Å². The Morgan fingerprint density at radius 2 is 2.15 bits per heavy atom. The van der Waals surface area contributed by atoms with E-state index in [0.29, 0.717) is 18.2 Å². The van der Waals surface area contributed by atoms with Crippen molar-refractivity contribution < 1.29 is 4.79 Å². The van der Waals surface area contributed by atoms with Crippen LogP contribution < -0.4 is 0 Å². The number of likely N-dealkylation sites (tertiary alicyclic amines) is 1. The molecule has 1 aromatic carbocycles. The molecule has 0 saturated carbocycles. The standard InChI is InChI=1S/C19H23BrN4OS/c1-3-10-24-18(15-6-8-16(20)9-7-15)21-22-19(24)26-13-17(25)23-11-4-5-14(2)12-23/h3,6-9,14H,1,4-5,10-13H2,2H3. The molecular weight excluding hydrogens is 412 g/mol. The summed E-state index contributed by atoms with van der Waals surface area (Å²) < 4.78 is 3.03. The SMILES string of the molecule is C=CCn1c(SCC(=O)N2CCCC(C)C2)nnc1-c1ccc(Br)cc1. The second kappa shape index (κ2) is 8.86. The van der Waals surface area contributed by atoms with Crippen LogP contribution in [-0.4, -0.2) is 44.4 Å². The Kier molecular flexibility index (Phi) is 6.53. The van der Waals surface area contributed by atoms with Crippen LogP contribution >= 0.6 is 27.7 Å². The van der Waals surface area contributed by atoms with E-state index in [0.717, 1.165) is 40.5 Å². The largest absolute Gasteiger partial charge is 0.342 e. The van der Waals surface area contributed by atoms with Crippen LogP contribution in [0.2, 0.25) is 0 Å². The minimum Gasteiger partial charge on any atom is -0.342 e. The average Bonchev–Trinajstić information content (AvgIpc) is 3.03. The molecule has 3 rings (SSSR count). The number of halogens is 1. The smallest absolute Gasteiger partial charge is 0.233 e. The molecule has 26 heavy (non-hydrogen) atoms. The van der Waals surface area contributed by atoms with Gasteiger partial charge >= 0.3 is 0 Å². The molecule has 1 saturated heterocycles. The Balaban J connectivity index is 1.72. The van der Waals surface area contributed by atoms with Crippen LogP contribution in [0.25, 0.3) is 11.4 Å². The first kappa shape index (κ1) is 19.2. The topological polar surface area (TPSA) is 51.0 Å². The van der Waals surface area contributed by atoms with E-state index >= 15 is 0 Å². The Labute approximate surface area is 167 Å². The molecule has 0 radical (unpaired) electrons. The molecule has 1 aliphatic rings. The summed E-state index contributed by atoms with van der Waals surface area (Å²) in [7, 11) is 0. The maximum atomic E-state index is 12.5. The quantitative estimate of drug-likeness (QED) is 0.503. The van der Waals surface area contributed by atoms with Gasteiger partial charge in [0.25, 0.3) is 0 Å². The Hall–Kier alpha value is -1.60.